The van der Waals surface area contributed by atoms with Crippen molar-refractivity contribution in [1.29, 1.82) is 0 Å². The first-order valence-electron chi connectivity index (χ1n) is 12.5. The summed E-state index contributed by atoms with van der Waals surface area (Å²) in [6.07, 6.45) is 0. The summed E-state index contributed by atoms with van der Waals surface area (Å²) in [4.78, 5) is 2.42. The maximum atomic E-state index is 5.69. The zero-order valence-electron chi connectivity index (χ0n) is 22.0. The molecule has 4 nitrogen and oxygen atoms in total. The van der Waals surface area contributed by atoms with Gasteiger partial charge in [0.25, 0.3) is 0 Å². The van der Waals surface area contributed by atoms with E-state index in [2.05, 4.69) is 87.2 Å². The van der Waals surface area contributed by atoms with Crippen LogP contribution in [0.25, 0.3) is 0 Å². The third-order valence-electron chi connectivity index (χ3n) is 6.42. The summed E-state index contributed by atoms with van der Waals surface area (Å²) in [5.41, 5.74) is 4.27. The highest BCUT2D eigenvalue weighted by Crippen LogP contribution is 2.36. The smallest absolute Gasteiger partial charge is 0.162 e. The van der Waals surface area contributed by atoms with E-state index >= 15 is 0 Å². The second-order valence-corrected chi connectivity index (χ2v) is 11.4. The maximum absolute atomic E-state index is 5.69. The van der Waals surface area contributed by atoms with E-state index in [-0.39, 0.29) is 18.6 Å². The van der Waals surface area contributed by atoms with Crippen LogP contribution in [0, 0.1) is 5.41 Å². The van der Waals surface area contributed by atoms with Crippen molar-refractivity contribution in [2.24, 2.45) is 5.41 Å². The Bertz CT molecular complexity index is 1110. The molecule has 194 valence electrons. The van der Waals surface area contributed by atoms with Crippen molar-refractivity contribution in [2.45, 2.75) is 66.8 Å². The standard InChI is InChI=1S/C11H15N.C10H12O2.C10H12O.CH4/c1-11(2)8-12(9-11)10-6-4-3-5-7-10;1-10(2)7-11-8-5-3-4-6-9(8)12-10;1-10(2)9-6-4-3-5-8(9)7-11-10;/h3-7H,8-9H2,1-2H3;3-6H,7H2,1-2H3;3-6H,7H2,1-2H3;1H4. The third kappa shape index (κ3) is 6.82. The van der Waals surface area contributed by atoms with Gasteiger partial charge in [-0.15, -0.1) is 0 Å². The van der Waals surface area contributed by atoms with Crippen LogP contribution in [-0.4, -0.2) is 25.3 Å². The second-order valence-electron chi connectivity index (χ2n) is 11.4. The Labute approximate surface area is 218 Å². The molecule has 3 aromatic rings. The van der Waals surface area contributed by atoms with Gasteiger partial charge in [0, 0.05) is 18.8 Å². The van der Waals surface area contributed by atoms with Crippen molar-refractivity contribution in [2.75, 3.05) is 24.6 Å². The molecule has 0 amide bonds. The number of anilines is 1. The van der Waals surface area contributed by atoms with E-state index < -0.39 is 0 Å². The number of rotatable bonds is 1. The molecule has 0 radical (unpaired) electrons. The first-order chi connectivity index (χ1) is 16.5. The molecule has 1 saturated heterocycles. The molecule has 0 aliphatic carbocycles. The summed E-state index contributed by atoms with van der Waals surface area (Å²) in [6.45, 7) is 16.6. The minimum atomic E-state index is -0.200. The Morgan fingerprint density at radius 3 is 1.92 bits per heavy atom. The molecule has 0 atom stereocenters. The molecule has 0 unspecified atom stereocenters. The van der Waals surface area contributed by atoms with Crippen LogP contribution in [0.1, 0.15) is 60.1 Å². The van der Waals surface area contributed by atoms with E-state index in [0.717, 1.165) is 18.1 Å². The molecule has 3 heterocycles. The lowest BCUT2D eigenvalue weighted by Gasteiger charge is -2.47. The van der Waals surface area contributed by atoms with E-state index in [1.54, 1.807) is 0 Å². The van der Waals surface area contributed by atoms with Crippen molar-refractivity contribution < 1.29 is 14.2 Å². The average molecular weight is 490 g/mol. The summed E-state index contributed by atoms with van der Waals surface area (Å²) in [7, 11) is 0. The number of hydrogen-bond acceptors (Lipinski definition) is 4. The number of nitrogens with zero attached hydrogens (tertiary/aromatic N) is 1. The molecule has 0 saturated carbocycles. The Morgan fingerprint density at radius 1 is 0.694 bits per heavy atom. The van der Waals surface area contributed by atoms with Gasteiger partial charge in [0.15, 0.2) is 11.5 Å². The van der Waals surface area contributed by atoms with Gasteiger partial charge in [0.1, 0.15) is 12.2 Å². The number of hydrogen-bond donors (Lipinski definition) is 0. The molecule has 0 aromatic heterocycles. The van der Waals surface area contributed by atoms with E-state index in [1.165, 1.54) is 29.9 Å². The van der Waals surface area contributed by atoms with E-state index in [4.69, 9.17) is 14.2 Å². The van der Waals surface area contributed by atoms with E-state index in [1.807, 2.05) is 38.1 Å². The van der Waals surface area contributed by atoms with Gasteiger partial charge in [-0.05, 0) is 68.5 Å². The molecule has 0 bridgehead atoms. The number of fused-ring (bicyclic) bond motifs is 2. The van der Waals surface area contributed by atoms with Crippen LogP contribution >= 0.6 is 0 Å². The third-order valence-corrected chi connectivity index (χ3v) is 6.42. The van der Waals surface area contributed by atoms with Crippen LogP contribution in [0.15, 0.2) is 78.9 Å². The monoisotopic (exact) mass is 489 g/mol. The summed E-state index contributed by atoms with van der Waals surface area (Å²) < 4.78 is 16.8. The molecule has 3 aliphatic heterocycles. The predicted molar refractivity (Wildman–Crippen MR) is 150 cm³/mol. The van der Waals surface area contributed by atoms with Crippen LogP contribution in [0.2, 0.25) is 0 Å². The van der Waals surface area contributed by atoms with Crippen LogP contribution in [0.5, 0.6) is 11.5 Å². The van der Waals surface area contributed by atoms with Gasteiger partial charge < -0.3 is 19.1 Å². The number of ether oxygens (including phenoxy) is 3. The molecule has 3 aliphatic rings. The topological polar surface area (TPSA) is 30.9 Å². The van der Waals surface area contributed by atoms with Gasteiger partial charge in [-0.2, -0.15) is 0 Å². The summed E-state index contributed by atoms with van der Waals surface area (Å²) in [5.74, 6) is 1.69. The molecule has 6 rings (SSSR count). The minimum Gasteiger partial charge on any atom is -0.486 e. The van der Waals surface area contributed by atoms with E-state index in [0.29, 0.717) is 12.0 Å². The second kappa shape index (κ2) is 11.0. The number of para-hydroxylation sites is 3. The quantitative estimate of drug-likeness (QED) is 0.348. The van der Waals surface area contributed by atoms with Gasteiger partial charge in [0.2, 0.25) is 0 Å². The van der Waals surface area contributed by atoms with Crippen LogP contribution in [-0.2, 0) is 16.9 Å². The molecular formula is C32H43NO3. The molecule has 3 aromatic carbocycles. The van der Waals surface area contributed by atoms with E-state index in [9.17, 15) is 0 Å². The summed E-state index contributed by atoms with van der Waals surface area (Å²) in [5, 5.41) is 0. The molecule has 0 N–H and O–H groups in total. The van der Waals surface area contributed by atoms with Crippen molar-refractivity contribution in [1.82, 2.24) is 0 Å². The fraction of sp³-hybridized carbons (Fsp3) is 0.438. The first kappa shape index (κ1) is 27.6. The Hall–Kier alpha value is -2.98. The molecule has 4 heteroatoms. The minimum absolute atomic E-state index is 0. The van der Waals surface area contributed by atoms with Crippen molar-refractivity contribution in [3.05, 3.63) is 90.0 Å². The van der Waals surface area contributed by atoms with Gasteiger partial charge >= 0.3 is 0 Å². The van der Waals surface area contributed by atoms with Crippen LogP contribution in [0.3, 0.4) is 0 Å². The largest absolute Gasteiger partial charge is 0.486 e. The highest BCUT2D eigenvalue weighted by Gasteiger charge is 2.34. The lowest BCUT2D eigenvalue weighted by Crippen LogP contribution is -2.53. The SMILES string of the molecule is C.CC1(C)CN(c2ccccc2)C1.CC1(C)COc2ccccc2O1.CC1(C)OCc2ccccc21. The highest BCUT2D eigenvalue weighted by atomic mass is 16.6. The van der Waals surface area contributed by atoms with Crippen molar-refractivity contribution >= 4 is 5.69 Å². The normalized spacial score (nSPS) is 19.1. The zero-order valence-corrected chi connectivity index (χ0v) is 22.0. The van der Waals surface area contributed by atoms with Crippen LogP contribution in [0.4, 0.5) is 5.69 Å². The summed E-state index contributed by atoms with van der Waals surface area (Å²) >= 11 is 0. The molecule has 36 heavy (non-hydrogen) atoms. The Morgan fingerprint density at radius 2 is 1.28 bits per heavy atom. The fourth-order valence-electron chi connectivity index (χ4n) is 4.61. The van der Waals surface area contributed by atoms with Gasteiger partial charge in [-0.3, -0.25) is 0 Å². The Balaban J connectivity index is 0.000000149. The fourth-order valence-corrected chi connectivity index (χ4v) is 4.61. The van der Waals surface area contributed by atoms with Crippen molar-refractivity contribution in [3.63, 3.8) is 0 Å². The maximum Gasteiger partial charge on any atom is 0.162 e. The average Bonchev–Trinajstić information content (AvgIpc) is 3.13. The molecule has 0 spiro atoms. The Kier molecular flexibility index (Phi) is 8.40. The lowest BCUT2D eigenvalue weighted by atomic mass is 9.84. The predicted octanol–water partition coefficient (Wildman–Crippen LogP) is 7.86. The van der Waals surface area contributed by atoms with Crippen molar-refractivity contribution in [3.8, 4) is 11.5 Å². The molecular weight excluding hydrogens is 446 g/mol. The zero-order chi connectivity index (χ0) is 25.1. The summed E-state index contributed by atoms with van der Waals surface area (Å²) in [6, 6.07) is 26.7. The van der Waals surface area contributed by atoms with Gasteiger partial charge in [0.05, 0.1) is 12.2 Å². The lowest BCUT2D eigenvalue weighted by molar-refractivity contribution is -0.00789. The van der Waals surface area contributed by atoms with Crippen LogP contribution < -0.4 is 14.4 Å². The number of benzene rings is 3. The van der Waals surface area contributed by atoms with Gasteiger partial charge in [-0.25, -0.2) is 0 Å². The molecule has 1 fully saturated rings. The highest BCUT2D eigenvalue weighted by molar-refractivity contribution is 5.49. The first-order valence-corrected chi connectivity index (χ1v) is 12.5. The van der Waals surface area contributed by atoms with Gasteiger partial charge in [-0.1, -0.05) is 75.9 Å².